The average molecular weight is 279 g/mol. The molecule has 5 nitrogen and oxygen atoms in total. The predicted octanol–water partition coefficient (Wildman–Crippen LogP) is 3.01. The quantitative estimate of drug-likeness (QED) is 0.888. The van der Waals surface area contributed by atoms with Crippen molar-refractivity contribution in [2.45, 2.75) is 39.2 Å². The summed E-state index contributed by atoms with van der Waals surface area (Å²) in [4.78, 5) is 22.3. The fourth-order valence-electron chi connectivity index (χ4n) is 1.62. The molecule has 1 unspecified atom stereocenters. The van der Waals surface area contributed by atoms with Crippen molar-refractivity contribution >= 4 is 12.1 Å². The van der Waals surface area contributed by atoms with Gasteiger partial charge in [0.1, 0.15) is 5.60 Å². The molecule has 1 aromatic carbocycles. The molecule has 1 atom stereocenters. The normalized spacial score (nSPS) is 12.6. The minimum atomic E-state index is -0.948. The van der Waals surface area contributed by atoms with Crippen LogP contribution in [0.3, 0.4) is 0 Å². The van der Waals surface area contributed by atoms with Crippen LogP contribution >= 0.6 is 0 Å². The molecule has 0 saturated carbocycles. The van der Waals surface area contributed by atoms with Crippen molar-refractivity contribution in [3.63, 3.8) is 0 Å². The Kier molecular flexibility index (Phi) is 5.13. The molecule has 0 aliphatic heterocycles. The van der Waals surface area contributed by atoms with Crippen LogP contribution in [0.4, 0.5) is 4.79 Å². The maximum Gasteiger partial charge on any atom is 0.407 e. The van der Waals surface area contributed by atoms with Crippen molar-refractivity contribution in [3.8, 4) is 0 Å². The van der Waals surface area contributed by atoms with Crippen LogP contribution in [-0.4, -0.2) is 29.3 Å². The van der Waals surface area contributed by atoms with E-state index >= 15 is 0 Å². The van der Waals surface area contributed by atoms with Crippen molar-refractivity contribution in [2.24, 2.45) is 0 Å². The van der Waals surface area contributed by atoms with E-state index in [1.54, 1.807) is 45.0 Å². The first kappa shape index (κ1) is 16.0. The van der Waals surface area contributed by atoms with E-state index in [2.05, 4.69) is 5.32 Å². The molecule has 110 valence electrons. The molecular weight excluding hydrogens is 258 g/mol. The van der Waals surface area contributed by atoms with Crippen LogP contribution in [0, 0.1) is 0 Å². The number of hydrogen-bond acceptors (Lipinski definition) is 3. The van der Waals surface area contributed by atoms with Crippen molar-refractivity contribution in [1.29, 1.82) is 0 Å². The van der Waals surface area contributed by atoms with Crippen LogP contribution in [0.5, 0.6) is 0 Å². The number of carboxylic acids is 1. The maximum absolute atomic E-state index is 11.5. The van der Waals surface area contributed by atoms with Gasteiger partial charge in [-0.3, -0.25) is 0 Å². The second-order valence-electron chi connectivity index (χ2n) is 5.71. The Morgan fingerprint density at radius 1 is 1.25 bits per heavy atom. The molecule has 0 aliphatic carbocycles. The maximum atomic E-state index is 11.5. The highest BCUT2D eigenvalue weighted by Crippen LogP contribution is 2.15. The number of carboxylic acid groups (broad SMARTS) is 1. The molecular formula is C15H21NO4. The van der Waals surface area contributed by atoms with Gasteiger partial charge in [-0.1, -0.05) is 19.1 Å². The van der Waals surface area contributed by atoms with Crippen LogP contribution in [0.1, 0.15) is 49.5 Å². The summed E-state index contributed by atoms with van der Waals surface area (Å²) >= 11 is 0. The number of benzene rings is 1. The number of carbonyl (C=O) groups is 2. The van der Waals surface area contributed by atoms with Gasteiger partial charge in [-0.2, -0.15) is 0 Å². The summed E-state index contributed by atoms with van der Waals surface area (Å²) in [7, 11) is 0. The fraction of sp³-hybridized carbons (Fsp3) is 0.467. The summed E-state index contributed by atoms with van der Waals surface area (Å²) in [5.41, 5.74) is 0.698. The van der Waals surface area contributed by atoms with E-state index in [0.29, 0.717) is 6.54 Å². The molecule has 0 aliphatic rings. The molecule has 0 aromatic heterocycles. The Morgan fingerprint density at radius 3 is 2.25 bits per heavy atom. The second kappa shape index (κ2) is 6.41. The fourth-order valence-corrected chi connectivity index (χ4v) is 1.62. The molecule has 20 heavy (non-hydrogen) atoms. The van der Waals surface area contributed by atoms with Crippen LogP contribution in [0.25, 0.3) is 0 Å². The van der Waals surface area contributed by atoms with E-state index in [-0.39, 0.29) is 11.5 Å². The number of rotatable bonds is 4. The van der Waals surface area contributed by atoms with Crippen LogP contribution < -0.4 is 5.32 Å². The monoisotopic (exact) mass is 279 g/mol. The smallest absolute Gasteiger partial charge is 0.407 e. The standard InChI is InChI=1S/C15H21NO4/c1-10(9-16-14(19)20-15(2,3)4)11-5-7-12(8-6-11)13(17)18/h5-8,10H,9H2,1-4H3,(H,16,19)(H,17,18). The predicted molar refractivity (Wildman–Crippen MR) is 76.1 cm³/mol. The van der Waals surface area contributed by atoms with E-state index in [1.165, 1.54) is 0 Å². The lowest BCUT2D eigenvalue weighted by molar-refractivity contribution is 0.0524. The third-order valence-corrected chi connectivity index (χ3v) is 2.68. The van der Waals surface area contributed by atoms with E-state index in [0.717, 1.165) is 5.56 Å². The summed E-state index contributed by atoms with van der Waals surface area (Å²) in [5, 5.41) is 11.5. The van der Waals surface area contributed by atoms with E-state index < -0.39 is 17.7 Å². The third kappa shape index (κ3) is 5.30. The first-order chi connectivity index (χ1) is 9.19. The number of alkyl carbamates (subject to hydrolysis) is 1. The molecule has 1 rings (SSSR count). The van der Waals surface area contributed by atoms with Gasteiger partial charge in [0.2, 0.25) is 0 Å². The lowest BCUT2D eigenvalue weighted by Crippen LogP contribution is -2.34. The van der Waals surface area contributed by atoms with Crippen LogP contribution in [0.15, 0.2) is 24.3 Å². The zero-order valence-corrected chi connectivity index (χ0v) is 12.3. The first-order valence-corrected chi connectivity index (χ1v) is 6.49. The third-order valence-electron chi connectivity index (χ3n) is 2.68. The topological polar surface area (TPSA) is 75.6 Å². The van der Waals surface area contributed by atoms with Gasteiger partial charge in [0.25, 0.3) is 0 Å². The first-order valence-electron chi connectivity index (χ1n) is 6.49. The Hall–Kier alpha value is -2.04. The van der Waals surface area contributed by atoms with Crippen LogP contribution in [-0.2, 0) is 4.74 Å². The summed E-state index contributed by atoms with van der Waals surface area (Å²) in [5.74, 6) is -0.874. The van der Waals surface area contributed by atoms with Crippen LogP contribution in [0.2, 0.25) is 0 Å². The lowest BCUT2D eigenvalue weighted by atomic mass is 10.00. The zero-order valence-electron chi connectivity index (χ0n) is 12.3. The van der Waals surface area contributed by atoms with Gasteiger partial charge in [-0.15, -0.1) is 0 Å². The largest absolute Gasteiger partial charge is 0.478 e. The van der Waals surface area contributed by atoms with Gasteiger partial charge in [-0.05, 0) is 44.4 Å². The molecule has 1 aromatic rings. The molecule has 0 radical (unpaired) electrons. The number of ether oxygens (including phenoxy) is 1. The molecule has 0 bridgehead atoms. The van der Waals surface area contributed by atoms with Gasteiger partial charge < -0.3 is 15.2 Å². The lowest BCUT2D eigenvalue weighted by Gasteiger charge is -2.21. The molecule has 5 heteroatoms. The van der Waals surface area contributed by atoms with Gasteiger partial charge in [-0.25, -0.2) is 9.59 Å². The Morgan fingerprint density at radius 2 is 1.80 bits per heavy atom. The number of hydrogen-bond donors (Lipinski definition) is 2. The molecule has 1 amide bonds. The second-order valence-corrected chi connectivity index (χ2v) is 5.71. The highest BCUT2D eigenvalue weighted by atomic mass is 16.6. The molecule has 2 N–H and O–H groups in total. The van der Waals surface area contributed by atoms with E-state index in [4.69, 9.17) is 9.84 Å². The molecule has 0 heterocycles. The van der Waals surface area contributed by atoms with Crippen molar-refractivity contribution in [1.82, 2.24) is 5.32 Å². The van der Waals surface area contributed by atoms with Crippen molar-refractivity contribution in [2.75, 3.05) is 6.54 Å². The Balaban J connectivity index is 2.52. The molecule has 0 spiro atoms. The minimum absolute atomic E-state index is 0.0744. The number of carbonyl (C=O) groups excluding carboxylic acids is 1. The zero-order chi connectivity index (χ0) is 15.3. The molecule has 0 saturated heterocycles. The van der Waals surface area contributed by atoms with Crippen molar-refractivity contribution in [3.05, 3.63) is 35.4 Å². The average Bonchev–Trinajstić information content (AvgIpc) is 2.34. The Bertz CT molecular complexity index is 474. The summed E-state index contributed by atoms with van der Waals surface area (Å²) in [6.07, 6.45) is -0.452. The van der Waals surface area contributed by atoms with Gasteiger partial charge in [0.15, 0.2) is 0 Å². The summed E-state index contributed by atoms with van der Waals surface area (Å²) in [6, 6.07) is 6.62. The van der Waals surface area contributed by atoms with E-state index in [1.807, 2.05) is 6.92 Å². The number of amides is 1. The van der Waals surface area contributed by atoms with Gasteiger partial charge in [0.05, 0.1) is 5.56 Å². The summed E-state index contributed by atoms with van der Waals surface area (Å²) < 4.78 is 5.15. The minimum Gasteiger partial charge on any atom is -0.478 e. The van der Waals surface area contributed by atoms with E-state index in [9.17, 15) is 9.59 Å². The Labute approximate surface area is 118 Å². The van der Waals surface area contributed by atoms with Gasteiger partial charge in [0, 0.05) is 6.54 Å². The van der Waals surface area contributed by atoms with Gasteiger partial charge >= 0.3 is 12.1 Å². The highest BCUT2D eigenvalue weighted by molar-refractivity contribution is 5.87. The highest BCUT2D eigenvalue weighted by Gasteiger charge is 2.16. The SMILES string of the molecule is CC(CNC(=O)OC(C)(C)C)c1ccc(C(=O)O)cc1. The summed E-state index contributed by atoms with van der Waals surface area (Å²) in [6.45, 7) is 7.80. The number of aromatic carboxylic acids is 1. The molecule has 0 fully saturated rings. The number of nitrogens with one attached hydrogen (secondary N) is 1. The van der Waals surface area contributed by atoms with Crippen molar-refractivity contribution < 1.29 is 19.4 Å².